The van der Waals surface area contributed by atoms with E-state index in [1.54, 1.807) is 17.4 Å². The third kappa shape index (κ3) is 2.91. The number of nitrogens with zero attached hydrogens (tertiary/aromatic N) is 3. The lowest BCUT2D eigenvalue weighted by Gasteiger charge is -2.23. The Morgan fingerprint density at radius 1 is 1.38 bits per heavy atom. The normalized spacial score (nSPS) is 22.2. The lowest BCUT2D eigenvalue weighted by Crippen LogP contribution is -2.24. The first kappa shape index (κ1) is 14.4. The van der Waals surface area contributed by atoms with Crippen LogP contribution in [0.1, 0.15) is 42.8 Å². The Labute approximate surface area is 127 Å². The van der Waals surface area contributed by atoms with Crippen molar-refractivity contribution in [3.63, 3.8) is 0 Å². The monoisotopic (exact) mass is 307 g/mol. The lowest BCUT2D eigenvalue weighted by molar-refractivity contribution is 0.194. The van der Waals surface area contributed by atoms with Gasteiger partial charge in [-0.3, -0.25) is 0 Å². The molecule has 1 aliphatic rings. The Morgan fingerprint density at radius 2 is 2.19 bits per heavy atom. The van der Waals surface area contributed by atoms with Gasteiger partial charge in [0.05, 0.1) is 12.1 Å². The van der Waals surface area contributed by atoms with Crippen LogP contribution in [0.4, 0.5) is 9.52 Å². The average molecular weight is 307 g/mol. The van der Waals surface area contributed by atoms with E-state index in [9.17, 15) is 9.50 Å². The molecule has 21 heavy (non-hydrogen) atoms. The van der Waals surface area contributed by atoms with Crippen LogP contribution >= 0.6 is 11.3 Å². The number of aliphatic hydroxyl groups excluding tert-OH is 1. The van der Waals surface area contributed by atoms with Crippen molar-refractivity contribution in [3.05, 3.63) is 40.7 Å². The Morgan fingerprint density at radius 3 is 2.86 bits per heavy atom. The minimum Gasteiger partial charge on any atom is -0.391 e. The molecule has 4 nitrogen and oxygen atoms in total. The number of benzene rings is 1. The van der Waals surface area contributed by atoms with E-state index in [1.807, 2.05) is 11.0 Å². The van der Waals surface area contributed by atoms with E-state index < -0.39 is 6.10 Å². The second-order valence-electron chi connectivity index (χ2n) is 5.69. The van der Waals surface area contributed by atoms with Gasteiger partial charge in [-0.2, -0.15) is 0 Å². The predicted molar refractivity (Wildman–Crippen MR) is 81.1 cm³/mol. The quantitative estimate of drug-likeness (QED) is 0.946. The van der Waals surface area contributed by atoms with Gasteiger partial charge in [0.1, 0.15) is 10.8 Å². The van der Waals surface area contributed by atoms with Crippen LogP contribution < -0.4 is 4.90 Å². The zero-order valence-corrected chi connectivity index (χ0v) is 12.8. The molecule has 0 amide bonds. The molecule has 0 radical (unpaired) electrons. The summed E-state index contributed by atoms with van der Waals surface area (Å²) in [5, 5.41) is 20.2. The smallest absolute Gasteiger partial charge is 0.208 e. The first-order chi connectivity index (χ1) is 10.0. The molecular weight excluding hydrogens is 289 g/mol. The number of hydrogen-bond acceptors (Lipinski definition) is 5. The molecule has 1 aromatic heterocycles. The molecule has 1 N–H and O–H groups in total. The summed E-state index contributed by atoms with van der Waals surface area (Å²) in [5.74, 6) is 0.0744. The summed E-state index contributed by atoms with van der Waals surface area (Å²) < 4.78 is 13.5. The summed E-state index contributed by atoms with van der Waals surface area (Å²) in [6.07, 6.45) is 0.157. The van der Waals surface area contributed by atoms with Crippen LogP contribution in [-0.2, 0) is 0 Å². The molecule has 2 aromatic rings. The van der Waals surface area contributed by atoms with Gasteiger partial charge in [0.15, 0.2) is 0 Å². The average Bonchev–Trinajstić information content (AvgIpc) is 3.04. The van der Waals surface area contributed by atoms with E-state index in [-0.39, 0.29) is 11.9 Å². The number of aliphatic hydroxyl groups is 1. The Kier molecular flexibility index (Phi) is 3.91. The topological polar surface area (TPSA) is 49.2 Å². The van der Waals surface area contributed by atoms with Gasteiger partial charge in [-0.25, -0.2) is 4.39 Å². The molecule has 0 aliphatic carbocycles. The van der Waals surface area contributed by atoms with E-state index in [1.165, 1.54) is 12.1 Å². The molecule has 0 saturated carbocycles. The van der Waals surface area contributed by atoms with E-state index in [0.717, 1.165) is 15.7 Å². The summed E-state index contributed by atoms with van der Waals surface area (Å²) in [7, 11) is 0. The maximum atomic E-state index is 13.5. The number of rotatable bonds is 3. The van der Waals surface area contributed by atoms with Crippen molar-refractivity contribution in [2.45, 2.75) is 38.3 Å². The van der Waals surface area contributed by atoms with E-state index in [0.29, 0.717) is 18.9 Å². The highest BCUT2D eigenvalue weighted by Gasteiger charge is 2.34. The van der Waals surface area contributed by atoms with Crippen molar-refractivity contribution in [2.75, 3.05) is 11.4 Å². The summed E-state index contributed by atoms with van der Waals surface area (Å²) in [4.78, 5) is 2.03. The van der Waals surface area contributed by atoms with Gasteiger partial charge in [-0.1, -0.05) is 37.3 Å². The maximum absolute atomic E-state index is 13.5. The van der Waals surface area contributed by atoms with Crippen molar-refractivity contribution in [2.24, 2.45) is 0 Å². The number of halogens is 1. The van der Waals surface area contributed by atoms with Gasteiger partial charge < -0.3 is 10.0 Å². The third-order valence-corrected chi connectivity index (χ3v) is 4.94. The van der Waals surface area contributed by atoms with Gasteiger partial charge in [0.2, 0.25) is 5.13 Å². The molecule has 1 fully saturated rings. The minimum absolute atomic E-state index is 0.0522. The second kappa shape index (κ2) is 5.69. The Balaban J connectivity index is 1.91. The zero-order valence-electron chi connectivity index (χ0n) is 12.0. The molecule has 6 heteroatoms. The molecular formula is C15H18FN3OS. The van der Waals surface area contributed by atoms with Crippen molar-refractivity contribution in [3.8, 4) is 0 Å². The number of hydrogen-bond donors (Lipinski definition) is 1. The molecule has 0 bridgehead atoms. The van der Waals surface area contributed by atoms with E-state index >= 15 is 0 Å². The van der Waals surface area contributed by atoms with Crippen LogP contribution in [-0.4, -0.2) is 28.0 Å². The lowest BCUT2D eigenvalue weighted by atomic mass is 10.0. The van der Waals surface area contributed by atoms with Crippen molar-refractivity contribution in [1.29, 1.82) is 0 Å². The molecule has 1 saturated heterocycles. The van der Waals surface area contributed by atoms with Gasteiger partial charge in [0, 0.05) is 12.5 Å². The summed E-state index contributed by atoms with van der Waals surface area (Å²) >= 11 is 1.54. The van der Waals surface area contributed by atoms with Crippen LogP contribution in [0.15, 0.2) is 24.3 Å². The fourth-order valence-corrected chi connectivity index (χ4v) is 3.54. The molecule has 1 aliphatic heterocycles. The zero-order chi connectivity index (χ0) is 15.0. The molecule has 0 unspecified atom stereocenters. The molecule has 2 atom stereocenters. The maximum Gasteiger partial charge on any atom is 0.208 e. The van der Waals surface area contributed by atoms with Gasteiger partial charge >= 0.3 is 0 Å². The largest absolute Gasteiger partial charge is 0.391 e. The standard InChI is InChI=1S/C15H18FN3OS/c1-9(2)14-17-18-15(21-14)19-8-12(20)7-13(19)10-4-3-5-11(16)6-10/h3-6,9,12-13,20H,7-8H2,1-2H3/t12-,13+/m0/s1. The van der Waals surface area contributed by atoms with Crippen molar-refractivity contribution < 1.29 is 9.50 Å². The Bertz CT molecular complexity index is 631. The van der Waals surface area contributed by atoms with Gasteiger partial charge in [0.25, 0.3) is 0 Å². The first-order valence-electron chi connectivity index (χ1n) is 7.08. The first-order valence-corrected chi connectivity index (χ1v) is 7.90. The summed E-state index contributed by atoms with van der Waals surface area (Å²) in [6.45, 7) is 4.66. The summed E-state index contributed by atoms with van der Waals surface area (Å²) in [6, 6.07) is 6.50. The third-order valence-electron chi connectivity index (χ3n) is 3.68. The van der Waals surface area contributed by atoms with Crippen LogP contribution in [0.5, 0.6) is 0 Å². The predicted octanol–water partition coefficient (Wildman–Crippen LogP) is 3.11. The van der Waals surface area contributed by atoms with Crippen LogP contribution in [0.25, 0.3) is 0 Å². The van der Waals surface area contributed by atoms with Gasteiger partial charge in [-0.15, -0.1) is 10.2 Å². The number of aromatic nitrogens is 2. The minimum atomic E-state index is -0.426. The van der Waals surface area contributed by atoms with Crippen molar-refractivity contribution >= 4 is 16.5 Å². The van der Waals surface area contributed by atoms with E-state index in [2.05, 4.69) is 24.0 Å². The molecule has 3 rings (SSSR count). The van der Waals surface area contributed by atoms with Crippen LogP contribution in [0.2, 0.25) is 0 Å². The van der Waals surface area contributed by atoms with Gasteiger partial charge in [-0.05, 0) is 24.1 Å². The highest BCUT2D eigenvalue weighted by Crippen LogP contribution is 2.38. The fourth-order valence-electron chi connectivity index (χ4n) is 2.63. The second-order valence-corrected chi connectivity index (χ2v) is 6.68. The fraction of sp³-hybridized carbons (Fsp3) is 0.467. The molecule has 1 aromatic carbocycles. The highest BCUT2D eigenvalue weighted by atomic mass is 32.1. The summed E-state index contributed by atoms with van der Waals surface area (Å²) in [5.41, 5.74) is 0.868. The number of β-amino-alcohol motifs (C(OH)–C–C–N with tert-alkyl or cyclic N) is 1. The SMILES string of the molecule is CC(C)c1nnc(N2C[C@@H](O)C[C@@H]2c2cccc(F)c2)s1. The van der Waals surface area contributed by atoms with E-state index in [4.69, 9.17) is 0 Å². The number of anilines is 1. The molecule has 0 spiro atoms. The molecule has 112 valence electrons. The van der Waals surface area contributed by atoms with Crippen LogP contribution in [0, 0.1) is 5.82 Å². The van der Waals surface area contributed by atoms with Crippen LogP contribution in [0.3, 0.4) is 0 Å². The molecule has 2 heterocycles. The Hall–Kier alpha value is -1.53. The van der Waals surface area contributed by atoms with Crippen molar-refractivity contribution in [1.82, 2.24) is 10.2 Å². The highest BCUT2D eigenvalue weighted by molar-refractivity contribution is 7.15.